The molecular weight excluding hydrogens is 242 g/mol. The maximum Gasteiger partial charge on any atom is 0.0102 e. The van der Waals surface area contributed by atoms with Gasteiger partial charge in [-0.05, 0) is 55.0 Å². The first-order chi connectivity index (χ1) is 9.51. The van der Waals surface area contributed by atoms with Crippen LogP contribution in [0, 0.1) is 11.3 Å². The van der Waals surface area contributed by atoms with E-state index in [9.17, 15) is 0 Å². The Morgan fingerprint density at radius 3 is 2.50 bits per heavy atom. The van der Waals surface area contributed by atoms with Gasteiger partial charge < -0.3 is 5.32 Å². The topological polar surface area (TPSA) is 12.0 Å². The van der Waals surface area contributed by atoms with Crippen molar-refractivity contribution in [2.45, 2.75) is 65.3 Å². The standard InChI is InChI=1S/C19H31N/c1-5-13-20-18(11-12-19(2,3)4)17-14-16(17)15-9-7-6-8-10-15/h6-10,16-18,20H,5,11-14H2,1-4H3. The van der Waals surface area contributed by atoms with Crippen molar-refractivity contribution in [2.75, 3.05) is 6.54 Å². The van der Waals surface area contributed by atoms with Gasteiger partial charge in [0, 0.05) is 6.04 Å². The van der Waals surface area contributed by atoms with Crippen molar-refractivity contribution < 1.29 is 0 Å². The molecule has 1 aliphatic carbocycles. The number of hydrogen-bond acceptors (Lipinski definition) is 1. The summed E-state index contributed by atoms with van der Waals surface area (Å²) in [5.41, 5.74) is 1.99. The summed E-state index contributed by atoms with van der Waals surface area (Å²) in [6.07, 6.45) is 5.23. The van der Waals surface area contributed by atoms with Crippen molar-refractivity contribution in [2.24, 2.45) is 11.3 Å². The molecule has 3 unspecified atom stereocenters. The second kappa shape index (κ2) is 6.76. The molecule has 0 heterocycles. The van der Waals surface area contributed by atoms with E-state index in [1.807, 2.05) is 0 Å². The summed E-state index contributed by atoms with van der Waals surface area (Å²) in [5.74, 6) is 1.65. The second-order valence-corrected chi connectivity index (χ2v) is 7.58. The van der Waals surface area contributed by atoms with E-state index in [4.69, 9.17) is 0 Å². The van der Waals surface area contributed by atoms with Gasteiger partial charge in [-0.2, -0.15) is 0 Å². The molecule has 1 N–H and O–H groups in total. The van der Waals surface area contributed by atoms with E-state index in [-0.39, 0.29) is 0 Å². The molecule has 0 radical (unpaired) electrons. The number of nitrogens with one attached hydrogen (secondary N) is 1. The lowest BCUT2D eigenvalue weighted by Crippen LogP contribution is -2.33. The number of rotatable bonds is 7. The SMILES string of the molecule is CCCNC(CCC(C)(C)C)C1CC1c1ccccc1. The maximum absolute atomic E-state index is 3.80. The molecule has 0 spiro atoms. The van der Waals surface area contributed by atoms with Gasteiger partial charge in [0.1, 0.15) is 0 Å². The summed E-state index contributed by atoms with van der Waals surface area (Å²) in [7, 11) is 0. The first-order valence-corrected chi connectivity index (χ1v) is 8.29. The Balaban J connectivity index is 1.91. The zero-order valence-corrected chi connectivity index (χ0v) is 13.7. The minimum absolute atomic E-state index is 0.448. The van der Waals surface area contributed by atoms with E-state index < -0.39 is 0 Å². The number of hydrogen-bond donors (Lipinski definition) is 1. The van der Waals surface area contributed by atoms with E-state index in [0.29, 0.717) is 11.5 Å². The van der Waals surface area contributed by atoms with Gasteiger partial charge in [-0.25, -0.2) is 0 Å². The lowest BCUT2D eigenvalue weighted by Gasteiger charge is -2.24. The molecule has 1 heteroatoms. The van der Waals surface area contributed by atoms with E-state index in [2.05, 4.69) is 63.3 Å². The summed E-state index contributed by atoms with van der Waals surface area (Å²) < 4.78 is 0. The normalized spacial score (nSPS) is 23.6. The molecule has 3 atom stereocenters. The largest absolute Gasteiger partial charge is 0.314 e. The molecule has 0 saturated heterocycles. The van der Waals surface area contributed by atoms with Gasteiger partial charge in [0.25, 0.3) is 0 Å². The van der Waals surface area contributed by atoms with Gasteiger partial charge >= 0.3 is 0 Å². The Hall–Kier alpha value is -0.820. The molecule has 1 fully saturated rings. The molecule has 1 aliphatic rings. The van der Waals surface area contributed by atoms with Crippen molar-refractivity contribution >= 4 is 0 Å². The van der Waals surface area contributed by atoms with E-state index >= 15 is 0 Å². The van der Waals surface area contributed by atoms with Gasteiger partial charge in [-0.1, -0.05) is 58.0 Å². The van der Waals surface area contributed by atoms with Crippen LogP contribution in [-0.2, 0) is 0 Å². The van der Waals surface area contributed by atoms with Crippen LogP contribution in [0.1, 0.15) is 64.9 Å². The highest BCUT2D eigenvalue weighted by molar-refractivity contribution is 5.26. The molecule has 112 valence electrons. The van der Waals surface area contributed by atoms with E-state index in [0.717, 1.165) is 18.4 Å². The highest BCUT2D eigenvalue weighted by Gasteiger charge is 2.43. The molecule has 2 rings (SSSR count). The van der Waals surface area contributed by atoms with Gasteiger partial charge in [-0.15, -0.1) is 0 Å². The van der Waals surface area contributed by atoms with Gasteiger partial charge in [0.05, 0.1) is 0 Å². The van der Waals surface area contributed by atoms with E-state index in [1.54, 1.807) is 0 Å². The number of benzene rings is 1. The summed E-state index contributed by atoms with van der Waals surface area (Å²) >= 11 is 0. The third-order valence-corrected chi connectivity index (χ3v) is 4.45. The molecule has 20 heavy (non-hydrogen) atoms. The monoisotopic (exact) mass is 273 g/mol. The van der Waals surface area contributed by atoms with Crippen molar-refractivity contribution in [3.8, 4) is 0 Å². The van der Waals surface area contributed by atoms with Gasteiger partial charge in [-0.3, -0.25) is 0 Å². The minimum atomic E-state index is 0.448. The fourth-order valence-electron chi connectivity index (χ4n) is 3.13. The first kappa shape index (κ1) is 15.6. The molecule has 1 aromatic rings. The second-order valence-electron chi connectivity index (χ2n) is 7.58. The van der Waals surface area contributed by atoms with Crippen molar-refractivity contribution in [3.63, 3.8) is 0 Å². The fraction of sp³-hybridized carbons (Fsp3) is 0.684. The molecule has 0 bridgehead atoms. The third kappa shape index (κ3) is 4.63. The van der Waals surface area contributed by atoms with Crippen LogP contribution in [0.25, 0.3) is 0 Å². The maximum atomic E-state index is 3.80. The lowest BCUT2D eigenvalue weighted by molar-refractivity contribution is 0.314. The van der Waals surface area contributed by atoms with E-state index in [1.165, 1.54) is 31.2 Å². The minimum Gasteiger partial charge on any atom is -0.314 e. The van der Waals surface area contributed by atoms with Crippen molar-refractivity contribution in [1.82, 2.24) is 5.32 Å². The molecular formula is C19H31N. The predicted molar refractivity (Wildman–Crippen MR) is 88.1 cm³/mol. The highest BCUT2D eigenvalue weighted by atomic mass is 14.9. The van der Waals surface area contributed by atoms with Crippen LogP contribution < -0.4 is 5.32 Å². The Bertz CT molecular complexity index is 390. The third-order valence-electron chi connectivity index (χ3n) is 4.45. The van der Waals surface area contributed by atoms with Crippen LogP contribution in [0.15, 0.2) is 30.3 Å². The molecule has 0 amide bonds. The highest BCUT2D eigenvalue weighted by Crippen LogP contribution is 2.50. The van der Waals surface area contributed by atoms with Gasteiger partial charge in [0.2, 0.25) is 0 Å². The summed E-state index contributed by atoms with van der Waals surface area (Å²) in [6, 6.07) is 11.8. The molecule has 0 aliphatic heterocycles. The Kier molecular flexibility index (Phi) is 5.26. The zero-order chi connectivity index (χ0) is 14.6. The Morgan fingerprint density at radius 2 is 1.90 bits per heavy atom. The summed E-state index contributed by atoms with van der Waals surface area (Å²) in [6.45, 7) is 10.5. The Morgan fingerprint density at radius 1 is 1.20 bits per heavy atom. The zero-order valence-electron chi connectivity index (χ0n) is 13.7. The summed E-state index contributed by atoms with van der Waals surface area (Å²) in [4.78, 5) is 0. The fourth-order valence-corrected chi connectivity index (χ4v) is 3.13. The smallest absolute Gasteiger partial charge is 0.0102 e. The van der Waals surface area contributed by atoms with Crippen LogP contribution in [-0.4, -0.2) is 12.6 Å². The Labute approximate surface area is 125 Å². The first-order valence-electron chi connectivity index (χ1n) is 8.29. The van der Waals surface area contributed by atoms with Crippen molar-refractivity contribution in [3.05, 3.63) is 35.9 Å². The average Bonchev–Trinajstić information content (AvgIpc) is 3.19. The predicted octanol–water partition coefficient (Wildman–Crippen LogP) is 4.98. The molecule has 1 nitrogen and oxygen atoms in total. The lowest BCUT2D eigenvalue weighted by atomic mass is 9.87. The van der Waals surface area contributed by atoms with Gasteiger partial charge in [0.15, 0.2) is 0 Å². The van der Waals surface area contributed by atoms with Crippen LogP contribution in [0.3, 0.4) is 0 Å². The molecule has 1 saturated carbocycles. The molecule has 1 aromatic carbocycles. The van der Waals surface area contributed by atoms with Crippen molar-refractivity contribution in [1.29, 1.82) is 0 Å². The van der Waals surface area contributed by atoms with Crippen LogP contribution in [0.5, 0.6) is 0 Å². The average molecular weight is 273 g/mol. The summed E-state index contributed by atoms with van der Waals surface area (Å²) in [5, 5.41) is 3.80. The quantitative estimate of drug-likeness (QED) is 0.738. The molecule has 0 aromatic heterocycles. The van der Waals surface area contributed by atoms with Crippen LogP contribution >= 0.6 is 0 Å². The van der Waals surface area contributed by atoms with Crippen LogP contribution in [0.4, 0.5) is 0 Å². The van der Waals surface area contributed by atoms with Crippen LogP contribution in [0.2, 0.25) is 0 Å².